The van der Waals surface area contributed by atoms with Crippen molar-refractivity contribution in [1.82, 2.24) is 9.62 Å². The summed E-state index contributed by atoms with van der Waals surface area (Å²) in [5.74, 6) is 0.924. The summed E-state index contributed by atoms with van der Waals surface area (Å²) in [7, 11) is 1.19. The number of sulfonamides is 1. The Hall–Kier alpha value is -1.05. The molecular weight excluding hydrogens is 284 g/mol. The van der Waals surface area contributed by atoms with E-state index in [0.29, 0.717) is 11.5 Å². The molecule has 1 amide bonds. The van der Waals surface area contributed by atoms with E-state index in [1.807, 2.05) is 6.07 Å². The van der Waals surface area contributed by atoms with Gasteiger partial charge in [-0.05, 0) is 17.7 Å². The van der Waals surface area contributed by atoms with Crippen LogP contribution in [-0.4, -0.2) is 45.5 Å². The maximum absolute atomic E-state index is 12.0. The normalized spacial score (nSPS) is 11.6. The number of rotatable bonds is 6. The summed E-state index contributed by atoms with van der Waals surface area (Å²) in [5.41, 5.74) is 0.886. The first-order valence-corrected chi connectivity index (χ1v) is 8.27. The fraction of sp³-hybridized carbons (Fsp3) is 0.417. The molecule has 5 nitrogen and oxygen atoms in total. The Morgan fingerprint density at radius 1 is 1.37 bits per heavy atom. The molecule has 0 fully saturated rings. The largest absolute Gasteiger partial charge is 0.358 e. The van der Waals surface area contributed by atoms with E-state index < -0.39 is 10.0 Å². The van der Waals surface area contributed by atoms with Gasteiger partial charge in [-0.1, -0.05) is 12.1 Å². The van der Waals surface area contributed by atoms with Gasteiger partial charge in [-0.3, -0.25) is 4.79 Å². The fourth-order valence-corrected chi connectivity index (χ4v) is 3.16. The van der Waals surface area contributed by atoms with Gasteiger partial charge < -0.3 is 5.32 Å². The summed E-state index contributed by atoms with van der Waals surface area (Å²) in [5, 5.41) is 2.54. The van der Waals surface area contributed by atoms with Crippen molar-refractivity contribution >= 4 is 27.7 Å². The molecule has 19 heavy (non-hydrogen) atoms. The van der Waals surface area contributed by atoms with Crippen LogP contribution in [-0.2, 0) is 20.6 Å². The lowest BCUT2D eigenvalue weighted by Gasteiger charge is -2.12. The monoisotopic (exact) mass is 302 g/mol. The zero-order valence-electron chi connectivity index (χ0n) is 11.2. The van der Waals surface area contributed by atoms with Crippen LogP contribution in [0.3, 0.4) is 0 Å². The first-order chi connectivity index (χ1) is 8.87. The molecule has 0 saturated carbocycles. The van der Waals surface area contributed by atoms with E-state index in [2.05, 4.69) is 5.32 Å². The van der Waals surface area contributed by atoms with Crippen molar-refractivity contribution in [2.45, 2.75) is 10.6 Å². The zero-order valence-corrected chi connectivity index (χ0v) is 12.8. The van der Waals surface area contributed by atoms with Gasteiger partial charge >= 0.3 is 0 Å². The molecule has 1 rings (SSSR count). The van der Waals surface area contributed by atoms with Crippen LogP contribution in [0.15, 0.2) is 29.2 Å². The Morgan fingerprint density at radius 3 is 2.63 bits per heavy atom. The minimum Gasteiger partial charge on any atom is -0.358 e. The van der Waals surface area contributed by atoms with Gasteiger partial charge in [0.15, 0.2) is 0 Å². The lowest BCUT2D eigenvalue weighted by atomic mass is 10.2. The number of benzene rings is 1. The van der Waals surface area contributed by atoms with Gasteiger partial charge in [-0.25, -0.2) is 12.7 Å². The Balaban J connectivity index is 2.76. The van der Waals surface area contributed by atoms with Gasteiger partial charge in [-0.2, -0.15) is 0 Å². The average molecular weight is 302 g/mol. The molecular formula is C12H18N2O3S2. The molecule has 0 unspecified atom stereocenters. The molecule has 0 bridgehead atoms. The summed E-state index contributed by atoms with van der Waals surface area (Å²) in [6.45, 7) is 0. The van der Waals surface area contributed by atoms with Crippen LogP contribution in [0.5, 0.6) is 0 Å². The van der Waals surface area contributed by atoms with Gasteiger partial charge in [-0.15, -0.1) is 11.8 Å². The molecule has 1 aromatic carbocycles. The number of amides is 1. The molecule has 0 aromatic heterocycles. The van der Waals surface area contributed by atoms with E-state index in [4.69, 9.17) is 0 Å². The van der Waals surface area contributed by atoms with Crippen molar-refractivity contribution in [2.24, 2.45) is 0 Å². The topological polar surface area (TPSA) is 66.5 Å². The van der Waals surface area contributed by atoms with Crippen molar-refractivity contribution in [2.75, 3.05) is 26.9 Å². The molecule has 0 aliphatic carbocycles. The highest BCUT2D eigenvalue weighted by Gasteiger charge is 2.17. The Labute approximate surface area is 118 Å². The second kappa shape index (κ2) is 6.93. The fourth-order valence-electron chi connectivity index (χ4n) is 1.34. The van der Waals surface area contributed by atoms with Gasteiger partial charge in [0.2, 0.25) is 15.9 Å². The highest BCUT2D eigenvalue weighted by molar-refractivity contribution is 7.99. The van der Waals surface area contributed by atoms with Gasteiger partial charge in [0.05, 0.1) is 10.6 Å². The zero-order chi connectivity index (χ0) is 14.5. The Morgan fingerprint density at radius 2 is 2.05 bits per heavy atom. The minimum absolute atomic E-state index is 0.0398. The third-order valence-electron chi connectivity index (χ3n) is 2.46. The Bertz CT molecular complexity index is 542. The van der Waals surface area contributed by atoms with E-state index in [1.54, 1.807) is 25.2 Å². The third kappa shape index (κ3) is 4.52. The molecule has 1 aromatic rings. The highest BCUT2D eigenvalue weighted by Crippen LogP contribution is 2.18. The number of nitrogens with zero attached hydrogens (tertiary/aromatic N) is 1. The van der Waals surface area contributed by atoms with Crippen LogP contribution in [0.2, 0.25) is 0 Å². The molecule has 7 heteroatoms. The maximum Gasteiger partial charge on any atom is 0.242 e. The van der Waals surface area contributed by atoms with Gasteiger partial charge in [0.1, 0.15) is 0 Å². The quantitative estimate of drug-likeness (QED) is 0.848. The van der Waals surface area contributed by atoms with E-state index >= 15 is 0 Å². The average Bonchev–Trinajstić information content (AvgIpc) is 2.38. The number of nitrogens with one attached hydrogen (secondary N) is 1. The SMILES string of the molecule is CNC(=O)CSCc1cccc(S(=O)(=O)N(C)C)c1. The molecule has 0 saturated heterocycles. The second-order valence-corrected chi connectivity index (χ2v) is 7.24. The third-order valence-corrected chi connectivity index (χ3v) is 5.27. The molecule has 0 aliphatic heterocycles. The van der Waals surface area contributed by atoms with Crippen LogP contribution >= 0.6 is 11.8 Å². The summed E-state index contributed by atoms with van der Waals surface area (Å²) in [6.07, 6.45) is 0. The second-order valence-electron chi connectivity index (χ2n) is 4.10. The molecule has 0 spiro atoms. The smallest absolute Gasteiger partial charge is 0.242 e. The van der Waals surface area contributed by atoms with Crippen LogP contribution in [0.1, 0.15) is 5.56 Å². The van der Waals surface area contributed by atoms with Gasteiger partial charge in [0, 0.05) is 26.9 Å². The first kappa shape index (κ1) is 16.0. The molecule has 0 aliphatic rings. The lowest BCUT2D eigenvalue weighted by molar-refractivity contribution is -0.118. The lowest BCUT2D eigenvalue weighted by Crippen LogP contribution is -2.22. The van der Waals surface area contributed by atoms with E-state index in [9.17, 15) is 13.2 Å². The van der Waals surface area contributed by atoms with Crippen molar-refractivity contribution < 1.29 is 13.2 Å². The van der Waals surface area contributed by atoms with Crippen LogP contribution < -0.4 is 5.32 Å². The van der Waals surface area contributed by atoms with E-state index in [-0.39, 0.29) is 10.8 Å². The summed E-state index contributed by atoms with van der Waals surface area (Å²) in [6, 6.07) is 6.78. The van der Waals surface area contributed by atoms with Crippen molar-refractivity contribution in [3.63, 3.8) is 0 Å². The predicted molar refractivity (Wildman–Crippen MR) is 77.5 cm³/mol. The number of hydrogen-bond donors (Lipinski definition) is 1. The summed E-state index contributed by atoms with van der Waals surface area (Å²) < 4.78 is 25.1. The summed E-state index contributed by atoms with van der Waals surface area (Å²) >= 11 is 1.45. The molecule has 0 radical (unpaired) electrons. The predicted octanol–water partition coefficient (Wildman–Crippen LogP) is 0.916. The molecule has 106 valence electrons. The van der Waals surface area contributed by atoms with Crippen molar-refractivity contribution in [3.8, 4) is 0 Å². The number of carbonyl (C=O) groups excluding carboxylic acids is 1. The van der Waals surface area contributed by atoms with E-state index in [0.717, 1.165) is 5.56 Å². The minimum atomic E-state index is -3.40. The molecule has 0 heterocycles. The maximum atomic E-state index is 12.0. The van der Waals surface area contributed by atoms with Crippen LogP contribution in [0, 0.1) is 0 Å². The molecule has 1 N–H and O–H groups in total. The number of hydrogen-bond acceptors (Lipinski definition) is 4. The summed E-state index contributed by atoms with van der Waals surface area (Å²) in [4.78, 5) is 11.4. The van der Waals surface area contributed by atoms with Crippen molar-refractivity contribution in [1.29, 1.82) is 0 Å². The van der Waals surface area contributed by atoms with Crippen LogP contribution in [0.4, 0.5) is 0 Å². The number of carbonyl (C=O) groups is 1. The van der Waals surface area contributed by atoms with Crippen LogP contribution in [0.25, 0.3) is 0 Å². The Kier molecular flexibility index (Phi) is 5.84. The highest BCUT2D eigenvalue weighted by atomic mass is 32.2. The van der Waals surface area contributed by atoms with Crippen molar-refractivity contribution in [3.05, 3.63) is 29.8 Å². The molecule has 0 atom stereocenters. The number of thioether (sulfide) groups is 1. The standard InChI is InChI=1S/C12H18N2O3S2/c1-13-12(15)9-18-8-10-5-4-6-11(7-10)19(16,17)14(2)3/h4-7H,8-9H2,1-3H3,(H,13,15). The van der Waals surface area contributed by atoms with E-state index in [1.165, 1.54) is 30.2 Å². The first-order valence-electron chi connectivity index (χ1n) is 5.67. The van der Waals surface area contributed by atoms with Gasteiger partial charge in [0.25, 0.3) is 0 Å².